The van der Waals surface area contributed by atoms with Gasteiger partial charge in [0.15, 0.2) is 11.6 Å². The fraction of sp³-hybridized carbons (Fsp3) is 0.760. The molecule has 0 amide bonds. The van der Waals surface area contributed by atoms with E-state index in [2.05, 4.69) is 6.92 Å². The van der Waals surface area contributed by atoms with E-state index >= 15 is 0 Å². The van der Waals surface area contributed by atoms with Crippen molar-refractivity contribution >= 4 is 0 Å². The first-order valence-corrected chi connectivity index (χ1v) is 12.0. The molecule has 1 aromatic rings. The van der Waals surface area contributed by atoms with Gasteiger partial charge in [-0.2, -0.15) is 13.2 Å². The van der Waals surface area contributed by atoms with Gasteiger partial charge in [-0.1, -0.05) is 32.6 Å². The largest absolute Gasteiger partial charge is 0.429 e. The highest BCUT2D eigenvalue weighted by Crippen LogP contribution is 2.47. The zero-order valence-corrected chi connectivity index (χ0v) is 18.6. The molecule has 1 saturated heterocycles. The van der Waals surface area contributed by atoms with Gasteiger partial charge in [-0.15, -0.1) is 0 Å². The molecule has 1 aliphatic heterocycles. The average molecular weight is 443 g/mol. The summed E-state index contributed by atoms with van der Waals surface area (Å²) in [5.74, 6) is -2.15. The van der Waals surface area contributed by atoms with Crippen molar-refractivity contribution in [3.8, 4) is 5.75 Å². The van der Waals surface area contributed by atoms with Gasteiger partial charge in [0, 0.05) is 5.56 Å². The molecule has 3 aliphatic rings. The van der Waals surface area contributed by atoms with E-state index in [1.165, 1.54) is 51.5 Å². The van der Waals surface area contributed by atoms with E-state index in [1.807, 2.05) is 0 Å². The number of ether oxygens (including phenoxy) is 2. The highest BCUT2D eigenvalue weighted by atomic mass is 19.3. The quantitative estimate of drug-likeness (QED) is 0.318. The Hall–Kier alpha value is -1.30. The number of epoxide rings is 1. The predicted molar refractivity (Wildman–Crippen MR) is 111 cm³/mol. The first-order chi connectivity index (χ1) is 14.8. The molecule has 0 N–H and O–H groups in total. The van der Waals surface area contributed by atoms with Crippen LogP contribution in [0.3, 0.4) is 0 Å². The first-order valence-electron chi connectivity index (χ1n) is 12.0. The normalized spacial score (nSPS) is 31.5. The monoisotopic (exact) mass is 442 g/mol. The van der Waals surface area contributed by atoms with E-state index in [4.69, 9.17) is 9.47 Å². The second-order valence-electron chi connectivity index (χ2n) is 9.91. The summed E-state index contributed by atoms with van der Waals surface area (Å²) >= 11 is 0. The maximum atomic E-state index is 14.9. The Bertz CT molecular complexity index is 761. The van der Waals surface area contributed by atoms with Crippen LogP contribution in [0.25, 0.3) is 0 Å². The lowest BCUT2D eigenvalue weighted by Crippen LogP contribution is -2.38. The minimum Gasteiger partial charge on any atom is -0.429 e. The van der Waals surface area contributed by atoms with Crippen molar-refractivity contribution < 1.29 is 27.0 Å². The van der Waals surface area contributed by atoms with Crippen LogP contribution in [0.5, 0.6) is 5.75 Å². The van der Waals surface area contributed by atoms with Crippen LogP contribution < -0.4 is 4.74 Å². The molecule has 4 rings (SSSR count). The Balaban J connectivity index is 1.35. The van der Waals surface area contributed by atoms with Crippen molar-refractivity contribution in [3.63, 3.8) is 0 Å². The van der Waals surface area contributed by atoms with Crippen LogP contribution in [-0.2, 0) is 4.74 Å². The molecule has 1 aromatic carbocycles. The zero-order chi connectivity index (χ0) is 22.2. The number of halogens is 4. The van der Waals surface area contributed by atoms with Gasteiger partial charge >= 0.3 is 6.11 Å². The van der Waals surface area contributed by atoms with Crippen molar-refractivity contribution in [2.75, 3.05) is 6.61 Å². The minimum absolute atomic E-state index is 0.0693. The molecule has 0 bridgehead atoms. The number of rotatable bonds is 7. The van der Waals surface area contributed by atoms with Gasteiger partial charge in [0.1, 0.15) is 6.10 Å². The number of aryl methyl sites for hydroxylation is 1. The number of alkyl halides is 2. The van der Waals surface area contributed by atoms with Crippen LogP contribution in [0.2, 0.25) is 0 Å². The third-order valence-corrected chi connectivity index (χ3v) is 7.80. The van der Waals surface area contributed by atoms with Crippen molar-refractivity contribution in [1.82, 2.24) is 0 Å². The summed E-state index contributed by atoms with van der Waals surface area (Å²) in [4.78, 5) is 0. The molecule has 1 heterocycles. The maximum absolute atomic E-state index is 14.9. The van der Waals surface area contributed by atoms with E-state index in [9.17, 15) is 17.6 Å². The average Bonchev–Trinajstić information content (AvgIpc) is 3.60. The van der Waals surface area contributed by atoms with Gasteiger partial charge in [0.25, 0.3) is 0 Å². The number of benzene rings is 1. The highest BCUT2D eigenvalue weighted by molar-refractivity contribution is 5.41. The van der Waals surface area contributed by atoms with Crippen LogP contribution in [-0.4, -0.2) is 12.7 Å². The standard InChI is InChI=1S/C25H34F4O2/c1-3-4-16-5-7-17(8-6-16)18-9-11-19(12-10-18)25(28,29)31-24-15(2)13-20(21-14-30-21)22(26)23(24)27/h13,16-19,21H,3-12,14H2,1-2H3. The van der Waals surface area contributed by atoms with Gasteiger partial charge < -0.3 is 9.47 Å². The molecular formula is C25H34F4O2. The number of hydrogen-bond donors (Lipinski definition) is 0. The molecule has 6 heteroatoms. The van der Waals surface area contributed by atoms with Crippen molar-refractivity contribution in [3.05, 3.63) is 28.8 Å². The number of hydrogen-bond acceptors (Lipinski definition) is 2. The smallest absolute Gasteiger partial charge is 0.400 e. The Labute approximate surface area is 182 Å². The Kier molecular flexibility index (Phi) is 6.85. The fourth-order valence-electron chi connectivity index (χ4n) is 5.85. The summed E-state index contributed by atoms with van der Waals surface area (Å²) < 4.78 is 68.5. The SMILES string of the molecule is CCCC1CCC(C2CCC(C(F)(F)Oc3c(C)cc(C4CO4)c(F)c3F)CC2)CC1. The molecule has 2 aliphatic carbocycles. The van der Waals surface area contributed by atoms with Crippen molar-refractivity contribution in [2.24, 2.45) is 23.7 Å². The van der Waals surface area contributed by atoms with Crippen molar-refractivity contribution in [1.29, 1.82) is 0 Å². The molecule has 0 aromatic heterocycles. The second kappa shape index (κ2) is 9.29. The molecule has 0 spiro atoms. The van der Waals surface area contributed by atoms with Crippen LogP contribution in [0.15, 0.2) is 6.07 Å². The summed E-state index contributed by atoms with van der Waals surface area (Å²) in [5.41, 5.74) is 0.237. The Morgan fingerprint density at radius 2 is 1.55 bits per heavy atom. The molecule has 1 atom stereocenters. The predicted octanol–water partition coefficient (Wildman–Crippen LogP) is 7.73. The lowest BCUT2D eigenvalue weighted by Gasteiger charge is -2.39. The van der Waals surface area contributed by atoms with Gasteiger partial charge in [0.2, 0.25) is 5.82 Å². The maximum Gasteiger partial charge on any atom is 0.400 e. The Morgan fingerprint density at radius 3 is 2.10 bits per heavy atom. The molecule has 1 unspecified atom stereocenters. The van der Waals surface area contributed by atoms with Gasteiger partial charge in [-0.3, -0.25) is 0 Å². The molecule has 0 radical (unpaired) electrons. The topological polar surface area (TPSA) is 21.8 Å². The van der Waals surface area contributed by atoms with Gasteiger partial charge in [-0.25, -0.2) is 4.39 Å². The lowest BCUT2D eigenvalue weighted by molar-refractivity contribution is -0.225. The molecule has 3 fully saturated rings. The van der Waals surface area contributed by atoms with Crippen LogP contribution in [0.4, 0.5) is 17.6 Å². The zero-order valence-electron chi connectivity index (χ0n) is 18.6. The van der Waals surface area contributed by atoms with Crippen molar-refractivity contribution in [2.45, 2.75) is 90.3 Å². The summed E-state index contributed by atoms with van der Waals surface area (Å²) in [6.45, 7) is 4.01. The van der Waals surface area contributed by atoms with E-state index < -0.39 is 35.5 Å². The summed E-state index contributed by atoms with van der Waals surface area (Å²) in [6.07, 6.45) is 5.75. The molecule has 174 valence electrons. The van der Waals surface area contributed by atoms with E-state index in [-0.39, 0.29) is 11.1 Å². The van der Waals surface area contributed by atoms with Gasteiger partial charge in [-0.05, 0) is 74.8 Å². The van der Waals surface area contributed by atoms with E-state index in [0.29, 0.717) is 31.3 Å². The summed E-state index contributed by atoms with van der Waals surface area (Å²) in [5, 5.41) is 0. The summed E-state index contributed by atoms with van der Waals surface area (Å²) in [7, 11) is 0. The van der Waals surface area contributed by atoms with Crippen LogP contribution >= 0.6 is 0 Å². The van der Waals surface area contributed by atoms with E-state index in [0.717, 1.165) is 18.8 Å². The highest BCUT2D eigenvalue weighted by Gasteiger charge is 2.46. The Morgan fingerprint density at radius 1 is 0.968 bits per heavy atom. The fourth-order valence-corrected chi connectivity index (χ4v) is 5.85. The van der Waals surface area contributed by atoms with Crippen LogP contribution in [0.1, 0.15) is 88.4 Å². The molecule has 2 saturated carbocycles. The third-order valence-electron chi connectivity index (χ3n) is 7.80. The van der Waals surface area contributed by atoms with Gasteiger partial charge in [0.05, 0.1) is 12.5 Å². The lowest BCUT2D eigenvalue weighted by atomic mass is 9.68. The second-order valence-corrected chi connectivity index (χ2v) is 9.91. The minimum atomic E-state index is -3.51. The summed E-state index contributed by atoms with van der Waals surface area (Å²) in [6, 6.07) is 1.35. The molecule has 31 heavy (non-hydrogen) atoms. The van der Waals surface area contributed by atoms with E-state index in [1.54, 1.807) is 0 Å². The molecule has 2 nitrogen and oxygen atoms in total. The first kappa shape index (κ1) is 22.9. The molecular weight excluding hydrogens is 408 g/mol. The third kappa shape index (κ3) is 5.04. The van der Waals surface area contributed by atoms with Crippen LogP contribution in [0, 0.1) is 42.2 Å².